The highest BCUT2D eigenvalue weighted by atomic mass is 35.5. The van der Waals surface area contributed by atoms with Crippen molar-refractivity contribution in [3.05, 3.63) is 70.3 Å². The van der Waals surface area contributed by atoms with E-state index in [0.717, 1.165) is 5.69 Å². The van der Waals surface area contributed by atoms with Crippen molar-refractivity contribution in [1.29, 1.82) is 0 Å². The van der Waals surface area contributed by atoms with E-state index in [0.29, 0.717) is 16.7 Å². The van der Waals surface area contributed by atoms with Crippen molar-refractivity contribution in [2.24, 2.45) is 0 Å². The monoisotopic (exact) mass is 311 g/mol. The second-order valence-corrected chi connectivity index (χ2v) is 5.71. The summed E-state index contributed by atoms with van der Waals surface area (Å²) in [4.78, 5) is 27.0. The Morgan fingerprint density at radius 2 is 1.36 bits per heavy atom. The lowest BCUT2D eigenvalue weighted by Gasteiger charge is -2.19. The van der Waals surface area contributed by atoms with Gasteiger partial charge in [-0.25, -0.2) is 0 Å². The van der Waals surface area contributed by atoms with Gasteiger partial charge < -0.3 is 4.90 Å². The fraction of sp³-hybridized carbons (Fsp3) is 0.111. The Balaban J connectivity index is 2.12. The highest BCUT2D eigenvalue weighted by Crippen LogP contribution is 2.34. The molecule has 0 radical (unpaired) electrons. The van der Waals surface area contributed by atoms with Crippen LogP contribution in [0.5, 0.6) is 0 Å². The first-order valence-corrected chi connectivity index (χ1v) is 7.24. The highest BCUT2D eigenvalue weighted by Gasteiger charge is 2.31. The number of halogens is 1. The van der Waals surface area contributed by atoms with Crippen LogP contribution in [-0.2, 0) is 0 Å². The van der Waals surface area contributed by atoms with Crippen molar-refractivity contribution in [1.82, 2.24) is 0 Å². The molecule has 0 heterocycles. The lowest BCUT2D eigenvalue weighted by atomic mass is 9.86. The average molecular weight is 312 g/mol. The van der Waals surface area contributed by atoms with Crippen molar-refractivity contribution in [2.45, 2.75) is 0 Å². The molecule has 22 heavy (non-hydrogen) atoms. The molecule has 0 unspecified atom stereocenters. The van der Waals surface area contributed by atoms with Gasteiger partial charge in [-0.2, -0.15) is 0 Å². The zero-order chi connectivity index (χ0) is 15.9. The van der Waals surface area contributed by atoms with E-state index < -0.39 is 0 Å². The van der Waals surface area contributed by atoms with Crippen LogP contribution in [0, 0.1) is 0 Å². The van der Waals surface area contributed by atoms with Crippen molar-refractivity contribution in [2.75, 3.05) is 19.0 Å². The quantitative estimate of drug-likeness (QED) is 0.847. The Kier molecular flexibility index (Phi) is 3.59. The predicted octanol–water partition coefficient (Wildman–Crippen LogP) is 3.78. The number of ketones is 2. The zero-order valence-electron chi connectivity index (χ0n) is 12.3. The Hall–Kier alpha value is -2.39. The van der Waals surface area contributed by atoms with Gasteiger partial charge in [0.05, 0.1) is 5.57 Å². The van der Waals surface area contributed by atoms with Gasteiger partial charge in [-0.05, 0) is 17.7 Å². The molecule has 3 nitrogen and oxygen atoms in total. The van der Waals surface area contributed by atoms with Crippen LogP contribution >= 0.6 is 11.6 Å². The molecule has 1 aliphatic rings. The van der Waals surface area contributed by atoms with Crippen LogP contribution in [0.2, 0.25) is 0 Å². The lowest BCUT2D eigenvalue weighted by molar-refractivity contribution is 0.0998. The molecule has 1 aliphatic carbocycles. The minimum atomic E-state index is -0.302. The summed E-state index contributed by atoms with van der Waals surface area (Å²) < 4.78 is 0. The molecule has 0 amide bonds. The molecule has 0 N–H and O–H groups in total. The van der Waals surface area contributed by atoms with E-state index in [9.17, 15) is 9.59 Å². The third kappa shape index (κ3) is 2.24. The number of fused-ring (bicyclic) bond motifs is 1. The molecule has 0 aliphatic heterocycles. The molecule has 110 valence electrons. The number of Topliss-reactive ketones (excluding diaryl/α,β-unsaturated/α-hetero) is 2. The lowest BCUT2D eigenvalue weighted by Crippen LogP contribution is -2.19. The van der Waals surface area contributed by atoms with Crippen LogP contribution in [0.3, 0.4) is 0 Å². The second-order valence-electron chi connectivity index (χ2n) is 5.33. The van der Waals surface area contributed by atoms with Crippen LogP contribution in [0.15, 0.2) is 53.6 Å². The maximum absolute atomic E-state index is 12.7. The number of allylic oxidation sites excluding steroid dienone is 2. The molecule has 4 heteroatoms. The molecule has 0 atom stereocenters. The van der Waals surface area contributed by atoms with Gasteiger partial charge in [0.1, 0.15) is 5.03 Å². The Morgan fingerprint density at radius 1 is 0.818 bits per heavy atom. The van der Waals surface area contributed by atoms with Gasteiger partial charge >= 0.3 is 0 Å². The number of hydrogen-bond acceptors (Lipinski definition) is 3. The smallest absolute Gasteiger partial charge is 0.205 e. The van der Waals surface area contributed by atoms with Gasteiger partial charge in [0.25, 0.3) is 0 Å². The molecular weight excluding hydrogens is 298 g/mol. The van der Waals surface area contributed by atoms with Gasteiger partial charge in [0.15, 0.2) is 5.78 Å². The summed E-state index contributed by atoms with van der Waals surface area (Å²) >= 11 is 6.19. The van der Waals surface area contributed by atoms with E-state index in [1.54, 1.807) is 24.3 Å². The first-order chi connectivity index (χ1) is 10.5. The van der Waals surface area contributed by atoms with Gasteiger partial charge in [0.2, 0.25) is 5.78 Å². The van der Waals surface area contributed by atoms with Crippen LogP contribution in [0.25, 0.3) is 5.57 Å². The van der Waals surface area contributed by atoms with Gasteiger partial charge in [-0.1, -0.05) is 48.0 Å². The first kappa shape index (κ1) is 14.5. The summed E-state index contributed by atoms with van der Waals surface area (Å²) in [6.07, 6.45) is 0. The molecule has 2 aromatic rings. The minimum Gasteiger partial charge on any atom is -0.378 e. The Labute approximate surface area is 133 Å². The number of carbonyl (C=O) groups excluding carboxylic acids is 2. The maximum atomic E-state index is 12.7. The van der Waals surface area contributed by atoms with E-state index in [4.69, 9.17) is 11.6 Å². The third-order valence-electron chi connectivity index (χ3n) is 3.73. The number of hydrogen-bond donors (Lipinski definition) is 0. The van der Waals surface area contributed by atoms with Crippen molar-refractivity contribution in [3.63, 3.8) is 0 Å². The fourth-order valence-electron chi connectivity index (χ4n) is 2.53. The Morgan fingerprint density at radius 3 is 1.91 bits per heavy atom. The van der Waals surface area contributed by atoms with E-state index in [1.807, 2.05) is 43.3 Å². The zero-order valence-corrected chi connectivity index (χ0v) is 13.0. The molecule has 0 spiro atoms. The number of nitrogens with zero attached hydrogens (tertiary/aromatic N) is 1. The summed E-state index contributed by atoms with van der Waals surface area (Å²) in [6.45, 7) is 0. The molecule has 3 rings (SSSR count). The van der Waals surface area contributed by atoms with Gasteiger partial charge in [0, 0.05) is 30.9 Å². The number of rotatable bonds is 2. The number of anilines is 1. The van der Waals surface area contributed by atoms with E-state index in [-0.39, 0.29) is 22.2 Å². The van der Waals surface area contributed by atoms with Crippen molar-refractivity contribution in [3.8, 4) is 0 Å². The molecule has 0 saturated carbocycles. The summed E-state index contributed by atoms with van der Waals surface area (Å²) in [5.74, 6) is -0.513. The minimum absolute atomic E-state index is 0.0127. The molecule has 0 saturated heterocycles. The molecule has 0 aromatic heterocycles. The predicted molar refractivity (Wildman–Crippen MR) is 88.6 cm³/mol. The van der Waals surface area contributed by atoms with Crippen molar-refractivity contribution < 1.29 is 9.59 Å². The number of carbonyl (C=O) groups is 2. The standard InChI is InChI=1S/C18H14ClNO2/c1-20(2)12-9-7-11(8-10-12)15-16(19)18(22)14-6-4-3-5-13(14)17(15)21/h3-10H,1-2H3. The van der Waals surface area contributed by atoms with Gasteiger partial charge in [-0.15, -0.1) is 0 Å². The Bertz CT molecular complexity index is 804. The summed E-state index contributed by atoms with van der Waals surface area (Å²) in [7, 11) is 3.87. The fourth-order valence-corrected chi connectivity index (χ4v) is 2.83. The molecule has 0 bridgehead atoms. The second kappa shape index (κ2) is 5.43. The van der Waals surface area contributed by atoms with E-state index in [2.05, 4.69) is 0 Å². The maximum Gasteiger partial charge on any atom is 0.205 e. The SMILES string of the molecule is CN(C)c1ccc(C2=C(Cl)C(=O)c3ccccc3C2=O)cc1. The number of benzene rings is 2. The summed E-state index contributed by atoms with van der Waals surface area (Å²) in [5, 5.41) is -0.0127. The van der Waals surface area contributed by atoms with Crippen LogP contribution < -0.4 is 4.90 Å². The largest absolute Gasteiger partial charge is 0.378 e. The topological polar surface area (TPSA) is 37.4 Å². The molecule has 2 aromatic carbocycles. The molecular formula is C18H14ClNO2. The third-order valence-corrected chi connectivity index (χ3v) is 4.10. The first-order valence-electron chi connectivity index (χ1n) is 6.86. The average Bonchev–Trinajstić information content (AvgIpc) is 2.53. The normalized spacial score (nSPS) is 14.1. The highest BCUT2D eigenvalue weighted by molar-refractivity contribution is 6.56. The van der Waals surface area contributed by atoms with Crippen LogP contribution in [0.4, 0.5) is 5.69 Å². The molecule has 0 fully saturated rings. The van der Waals surface area contributed by atoms with Crippen molar-refractivity contribution >= 4 is 34.4 Å². The van der Waals surface area contributed by atoms with E-state index in [1.165, 1.54) is 0 Å². The summed E-state index contributed by atoms with van der Waals surface area (Å²) in [6, 6.07) is 14.2. The summed E-state index contributed by atoms with van der Waals surface area (Å²) in [5.41, 5.74) is 2.71. The van der Waals surface area contributed by atoms with E-state index >= 15 is 0 Å². The van der Waals surface area contributed by atoms with Crippen LogP contribution in [-0.4, -0.2) is 25.7 Å². The van der Waals surface area contributed by atoms with Gasteiger partial charge in [-0.3, -0.25) is 9.59 Å². The van der Waals surface area contributed by atoms with Crippen LogP contribution in [0.1, 0.15) is 26.3 Å².